The van der Waals surface area contributed by atoms with Gasteiger partial charge in [-0.15, -0.1) is 0 Å². The van der Waals surface area contributed by atoms with E-state index < -0.39 is 0 Å². The van der Waals surface area contributed by atoms with Crippen LogP contribution in [0, 0.1) is 0 Å². The van der Waals surface area contributed by atoms with Gasteiger partial charge in [-0.3, -0.25) is 9.78 Å². The van der Waals surface area contributed by atoms with Crippen molar-refractivity contribution in [3.8, 4) is 0 Å². The summed E-state index contributed by atoms with van der Waals surface area (Å²) in [5.41, 5.74) is 1.49. The monoisotopic (exact) mass is 302 g/mol. The molecule has 0 N–H and O–H groups in total. The number of carbonyl (C=O) groups is 1. The Kier molecular flexibility index (Phi) is 5.34. The van der Waals surface area contributed by atoms with Crippen molar-refractivity contribution in [2.45, 2.75) is 32.9 Å². The zero-order valence-electron chi connectivity index (χ0n) is 12.3. The van der Waals surface area contributed by atoms with Gasteiger partial charge in [-0.2, -0.15) is 0 Å². The van der Waals surface area contributed by atoms with E-state index in [2.05, 4.69) is 11.9 Å². The summed E-state index contributed by atoms with van der Waals surface area (Å²) in [6.07, 6.45) is 2.45. The van der Waals surface area contributed by atoms with E-state index in [1.165, 1.54) is 0 Å². The zero-order valence-corrected chi connectivity index (χ0v) is 13.0. The maximum atomic E-state index is 12.7. The number of hydrogen-bond donors (Lipinski definition) is 0. The summed E-state index contributed by atoms with van der Waals surface area (Å²) in [7, 11) is 0. The third kappa shape index (κ3) is 4.05. The number of halogens is 1. The van der Waals surface area contributed by atoms with E-state index in [1.54, 1.807) is 18.3 Å². The molecule has 1 heterocycles. The maximum Gasteiger partial charge on any atom is 0.273 e. The van der Waals surface area contributed by atoms with Crippen LogP contribution in [0.5, 0.6) is 0 Å². The SMILES string of the molecule is CCC(C)N(Cc1ccccc1)C(=O)c1cc(Cl)ccn1. The van der Waals surface area contributed by atoms with Crippen molar-refractivity contribution in [1.82, 2.24) is 9.88 Å². The summed E-state index contributed by atoms with van der Waals surface area (Å²) in [5, 5.41) is 0.525. The average Bonchev–Trinajstić information content (AvgIpc) is 2.52. The summed E-state index contributed by atoms with van der Waals surface area (Å²) in [6.45, 7) is 4.69. The first-order valence-corrected chi connectivity index (χ1v) is 7.46. The minimum Gasteiger partial charge on any atom is -0.330 e. The molecule has 0 aliphatic heterocycles. The van der Waals surface area contributed by atoms with Crippen molar-refractivity contribution >= 4 is 17.5 Å². The molecular formula is C17H19ClN2O. The second-order valence-electron chi connectivity index (χ2n) is 5.04. The molecule has 0 spiro atoms. The Bertz CT molecular complexity index is 601. The fourth-order valence-electron chi connectivity index (χ4n) is 2.10. The molecule has 21 heavy (non-hydrogen) atoms. The van der Waals surface area contributed by atoms with Gasteiger partial charge in [-0.1, -0.05) is 48.9 Å². The molecule has 1 unspecified atom stereocenters. The molecule has 0 aliphatic carbocycles. The summed E-state index contributed by atoms with van der Waals surface area (Å²) >= 11 is 5.96. The van der Waals surface area contributed by atoms with Crippen LogP contribution < -0.4 is 0 Å². The molecule has 1 aromatic heterocycles. The van der Waals surface area contributed by atoms with Crippen LogP contribution in [-0.4, -0.2) is 21.8 Å². The predicted molar refractivity (Wildman–Crippen MR) is 85.3 cm³/mol. The Morgan fingerprint density at radius 3 is 2.62 bits per heavy atom. The summed E-state index contributed by atoms with van der Waals surface area (Å²) in [5.74, 6) is -0.0873. The number of aromatic nitrogens is 1. The lowest BCUT2D eigenvalue weighted by atomic mass is 10.1. The molecule has 0 saturated heterocycles. The van der Waals surface area contributed by atoms with E-state index in [0.717, 1.165) is 12.0 Å². The number of amides is 1. The summed E-state index contributed by atoms with van der Waals surface area (Å²) in [4.78, 5) is 18.7. The first kappa shape index (κ1) is 15.5. The highest BCUT2D eigenvalue weighted by Gasteiger charge is 2.21. The number of pyridine rings is 1. The van der Waals surface area contributed by atoms with E-state index in [4.69, 9.17) is 11.6 Å². The van der Waals surface area contributed by atoms with Crippen molar-refractivity contribution in [3.05, 3.63) is 64.9 Å². The van der Waals surface area contributed by atoms with Crippen molar-refractivity contribution in [2.24, 2.45) is 0 Å². The second kappa shape index (κ2) is 7.23. The Balaban J connectivity index is 2.25. The van der Waals surface area contributed by atoms with Crippen LogP contribution in [0.2, 0.25) is 5.02 Å². The van der Waals surface area contributed by atoms with Gasteiger partial charge in [0.15, 0.2) is 0 Å². The molecule has 0 aliphatic rings. The summed E-state index contributed by atoms with van der Waals surface area (Å²) in [6, 6.07) is 13.4. The second-order valence-corrected chi connectivity index (χ2v) is 5.47. The van der Waals surface area contributed by atoms with E-state index >= 15 is 0 Å². The van der Waals surface area contributed by atoms with Crippen LogP contribution in [0.15, 0.2) is 48.7 Å². The fraction of sp³-hybridized carbons (Fsp3) is 0.294. The molecule has 0 saturated carbocycles. The molecule has 3 nitrogen and oxygen atoms in total. The van der Waals surface area contributed by atoms with Crippen molar-refractivity contribution in [1.29, 1.82) is 0 Å². The summed E-state index contributed by atoms with van der Waals surface area (Å²) < 4.78 is 0. The molecule has 0 radical (unpaired) electrons. The van der Waals surface area contributed by atoms with Gasteiger partial charge in [-0.25, -0.2) is 0 Å². The van der Waals surface area contributed by atoms with Crippen LogP contribution in [-0.2, 0) is 6.54 Å². The Morgan fingerprint density at radius 1 is 1.29 bits per heavy atom. The predicted octanol–water partition coefficient (Wildman–Crippen LogP) is 4.18. The smallest absolute Gasteiger partial charge is 0.273 e. The van der Waals surface area contributed by atoms with Gasteiger partial charge in [0.2, 0.25) is 0 Å². The molecule has 2 rings (SSSR count). The molecule has 1 amide bonds. The van der Waals surface area contributed by atoms with Gasteiger partial charge in [0, 0.05) is 23.8 Å². The largest absolute Gasteiger partial charge is 0.330 e. The van der Waals surface area contributed by atoms with Crippen molar-refractivity contribution < 1.29 is 4.79 Å². The minimum absolute atomic E-state index is 0.0873. The molecule has 0 bridgehead atoms. The Morgan fingerprint density at radius 2 is 2.00 bits per heavy atom. The molecule has 1 atom stereocenters. The minimum atomic E-state index is -0.0873. The molecule has 4 heteroatoms. The topological polar surface area (TPSA) is 33.2 Å². The normalized spacial score (nSPS) is 12.0. The highest BCUT2D eigenvalue weighted by Crippen LogP contribution is 2.16. The van der Waals surface area contributed by atoms with Crippen LogP contribution in [0.1, 0.15) is 36.3 Å². The number of carbonyl (C=O) groups excluding carboxylic acids is 1. The standard InChI is InChI=1S/C17H19ClN2O/c1-3-13(2)20(12-14-7-5-4-6-8-14)17(21)16-11-15(18)9-10-19-16/h4-11,13H,3,12H2,1-2H3. The van der Waals surface area contributed by atoms with Crippen LogP contribution in [0.25, 0.3) is 0 Å². The number of nitrogens with zero attached hydrogens (tertiary/aromatic N) is 2. The highest BCUT2D eigenvalue weighted by atomic mass is 35.5. The maximum absolute atomic E-state index is 12.7. The van der Waals surface area contributed by atoms with Crippen LogP contribution in [0.4, 0.5) is 0 Å². The first-order valence-electron chi connectivity index (χ1n) is 7.08. The van der Waals surface area contributed by atoms with Gasteiger partial charge in [0.05, 0.1) is 0 Å². The third-order valence-electron chi connectivity index (χ3n) is 3.52. The molecular weight excluding hydrogens is 284 g/mol. The molecule has 2 aromatic rings. The van der Waals surface area contributed by atoms with Gasteiger partial charge in [0.25, 0.3) is 5.91 Å². The zero-order chi connectivity index (χ0) is 15.2. The lowest BCUT2D eigenvalue weighted by Crippen LogP contribution is -2.38. The van der Waals surface area contributed by atoms with Crippen LogP contribution >= 0.6 is 11.6 Å². The quantitative estimate of drug-likeness (QED) is 0.830. The van der Waals surface area contributed by atoms with E-state index in [0.29, 0.717) is 17.3 Å². The Hall–Kier alpha value is -1.87. The van der Waals surface area contributed by atoms with E-state index in [1.807, 2.05) is 42.2 Å². The van der Waals surface area contributed by atoms with E-state index in [-0.39, 0.29) is 11.9 Å². The van der Waals surface area contributed by atoms with Gasteiger partial charge < -0.3 is 4.90 Å². The molecule has 0 fully saturated rings. The lowest BCUT2D eigenvalue weighted by Gasteiger charge is -2.28. The lowest BCUT2D eigenvalue weighted by molar-refractivity contribution is 0.0665. The van der Waals surface area contributed by atoms with Gasteiger partial charge in [0.1, 0.15) is 5.69 Å². The Labute approximate surface area is 130 Å². The number of rotatable bonds is 5. The van der Waals surface area contributed by atoms with Gasteiger partial charge >= 0.3 is 0 Å². The third-order valence-corrected chi connectivity index (χ3v) is 3.76. The van der Waals surface area contributed by atoms with Gasteiger partial charge in [-0.05, 0) is 31.0 Å². The fourth-order valence-corrected chi connectivity index (χ4v) is 2.26. The van der Waals surface area contributed by atoms with E-state index in [9.17, 15) is 4.79 Å². The number of benzene rings is 1. The number of hydrogen-bond acceptors (Lipinski definition) is 2. The average molecular weight is 303 g/mol. The molecule has 110 valence electrons. The highest BCUT2D eigenvalue weighted by molar-refractivity contribution is 6.30. The van der Waals surface area contributed by atoms with Crippen LogP contribution in [0.3, 0.4) is 0 Å². The van der Waals surface area contributed by atoms with Crippen molar-refractivity contribution in [2.75, 3.05) is 0 Å². The molecule has 1 aromatic carbocycles. The first-order chi connectivity index (χ1) is 10.1. The van der Waals surface area contributed by atoms with Crippen molar-refractivity contribution in [3.63, 3.8) is 0 Å².